The van der Waals surface area contributed by atoms with Gasteiger partial charge >= 0.3 is 5.97 Å². The number of hydrogen-bond donors (Lipinski definition) is 2. The number of carboxylic acids is 1. The van der Waals surface area contributed by atoms with E-state index in [1.165, 1.54) is 6.20 Å². The van der Waals surface area contributed by atoms with Crippen LogP contribution in [0, 0.1) is 5.92 Å². The van der Waals surface area contributed by atoms with Crippen molar-refractivity contribution in [1.29, 1.82) is 0 Å². The van der Waals surface area contributed by atoms with Gasteiger partial charge in [0.05, 0.1) is 12.1 Å². The maximum Gasteiger partial charge on any atom is 0.306 e. The molecule has 18 heavy (non-hydrogen) atoms. The van der Waals surface area contributed by atoms with Gasteiger partial charge in [-0.05, 0) is 12.8 Å². The Kier molecular flexibility index (Phi) is 3.40. The Morgan fingerprint density at radius 3 is 2.56 bits per heavy atom. The zero-order chi connectivity index (χ0) is 13.1. The lowest BCUT2D eigenvalue weighted by atomic mass is 9.97. The third kappa shape index (κ3) is 2.55. The van der Waals surface area contributed by atoms with Crippen molar-refractivity contribution in [2.45, 2.75) is 12.8 Å². The highest BCUT2D eigenvalue weighted by Crippen LogP contribution is 2.18. The van der Waals surface area contributed by atoms with E-state index in [4.69, 9.17) is 5.11 Å². The summed E-state index contributed by atoms with van der Waals surface area (Å²) in [5.74, 6) is -1.48. The minimum atomic E-state index is -0.815. The van der Waals surface area contributed by atoms with Crippen molar-refractivity contribution >= 4 is 11.9 Å². The number of nitrogens with one attached hydrogen (secondary N) is 1. The minimum Gasteiger partial charge on any atom is -0.481 e. The molecule has 96 valence electrons. The standard InChI is InChI=1S/C11H13N3O4/c15-9-6-12-8(5-13-9)10(16)14-3-1-7(2-4-14)11(17)18/h5-7H,1-4H2,(H,13,15)(H,17,18). The number of carbonyl (C=O) groups is 2. The van der Waals surface area contributed by atoms with E-state index in [2.05, 4.69) is 9.97 Å². The molecule has 0 bridgehead atoms. The number of amides is 1. The summed E-state index contributed by atoms with van der Waals surface area (Å²) >= 11 is 0. The second kappa shape index (κ2) is 4.99. The van der Waals surface area contributed by atoms with Crippen molar-refractivity contribution in [2.75, 3.05) is 13.1 Å². The zero-order valence-electron chi connectivity index (χ0n) is 9.63. The Hall–Kier alpha value is -2.18. The first-order valence-corrected chi connectivity index (χ1v) is 5.65. The van der Waals surface area contributed by atoms with Crippen LogP contribution in [0.5, 0.6) is 0 Å². The molecule has 0 aromatic carbocycles. The van der Waals surface area contributed by atoms with Crippen LogP contribution in [-0.4, -0.2) is 44.9 Å². The van der Waals surface area contributed by atoms with Crippen LogP contribution < -0.4 is 5.56 Å². The summed E-state index contributed by atoms with van der Waals surface area (Å²) in [6.45, 7) is 0.799. The van der Waals surface area contributed by atoms with Crippen LogP contribution in [0.3, 0.4) is 0 Å². The molecule has 1 aliphatic heterocycles. The van der Waals surface area contributed by atoms with Gasteiger partial charge < -0.3 is 15.0 Å². The van der Waals surface area contributed by atoms with E-state index >= 15 is 0 Å². The van der Waals surface area contributed by atoms with Crippen LogP contribution in [0.4, 0.5) is 0 Å². The molecule has 1 fully saturated rings. The fraction of sp³-hybridized carbons (Fsp3) is 0.455. The Bertz CT molecular complexity index is 497. The fourth-order valence-corrected chi connectivity index (χ4v) is 1.95. The molecule has 0 atom stereocenters. The normalized spacial score (nSPS) is 16.6. The van der Waals surface area contributed by atoms with Gasteiger partial charge in [0.1, 0.15) is 5.69 Å². The van der Waals surface area contributed by atoms with Gasteiger partial charge in [-0.1, -0.05) is 0 Å². The van der Waals surface area contributed by atoms with Crippen molar-refractivity contribution in [2.24, 2.45) is 5.92 Å². The summed E-state index contributed by atoms with van der Waals surface area (Å²) in [6.07, 6.45) is 3.22. The van der Waals surface area contributed by atoms with Gasteiger partial charge in [0.15, 0.2) is 0 Å². The summed E-state index contributed by atoms with van der Waals surface area (Å²) in [4.78, 5) is 41.3. The van der Waals surface area contributed by atoms with Gasteiger partial charge in [-0.3, -0.25) is 14.4 Å². The maximum absolute atomic E-state index is 12.0. The summed E-state index contributed by atoms with van der Waals surface area (Å²) in [6, 6.07) is 0. The van der Waals surface area contributed by atoms with Crippen LogP contribution in [-0.2, 0) is 4.79 Å². The fourth-order valence-electron chi connectivity index (χ4n) is 1.95. The van der Waals surface area contributed by atoms with E-state index < -0.39 is 5.97 Å². The molecule has 2 N–H and O–H groups in total. The number of likely N-dealkylation sites (tertiary alicyclic amines) is 1. The first kappa shape index (κ1) is 12.3. The van der Waals surface area contributed by atoms with E-state index in [0.717, 1.165) is 6.20 Å². The van der Waals surface area contributed by atoms with E-state index in [1.807, 2.05) is 0 Å². The van der Waals surface area contributed by atoms with E-state index in [-0.39, 0.29) is 23.1 Å². The van der Waals surface area contributed by atoms with Gasteiger partial charge in [0, 0.05) is 19.3 Å². The highest BCUT2D eigenvalue weighted by molar-refractivity contribution is 5.92. The number of carboxylic acid groups (broad SMARTS) is 1. The molecule has 0 unspecified atom stereocenters. The summed E-state index contributed by atoms with van der Waals surface area (Å²) in [5, 5.41) is 8.86. The predicted octanol–water partition coefficient (Wildman–Crippen LogP) is -0.293. The lowest BCUT2D eigenvalue weighted by Crippen LogP contribution is -2.40. The molecule has 0 radical (unpaired) electrons. The van der Waals surface area contributed by atoms with Crippen LogP contribution in [0.2, 0.25) is 0 Å². The van der Waals surface area contributed by atoms with Crippen molar-refractivity contribution in [3.63, 3.8) is 0 Å². The molecular weight excluding hydrogens is 238 g/mol. The topological polar surface area (TPSA) is 103 Å². The molecule has 0 aliphatic carbocycles. The first-order chi connectivity index (χ1) is 8.58. The quantitative estimate of drug-likeness (QED) is 0.751. The second-order valence-corrected chi connectivity index (χ2v) is 4.20. The second-order valence-electron chi connectivity index (χ2n) is 4.20. The number of aromatic nitrogens is 2. The van der Waals surface area contributed by atoms with Gasteiger partial charge in [-0.25, -0.2) is 4.98 Å². The Morgan fingerprint density at radius 1 is 1.39 bits per heavy atom. The van der Waals surface area contributed by atoms with Crippen molar-refractivity contribution in [3.8, 4) is 0 Å². The number of aliphatic carboxylic acids is 1. The molecule has 2 rings (SSSR count). The Labute approximate surface area is 102 Å². The number of carbonyl (C=O) groups excluding carboxylic acids is 1. The third-order valence-corrected chi connectivity index (χ3v) is 3.02. The van der Waals surface area contributed by atoms with Crippen molar-refractivity contribution < 1.29 is 14.7 Å². The van der Waals surface area contributed by atoms with Crippen LogP contribution in [0.25, 0.3) is 0 Å². The van der Waals surface area contributed by atoms with Gasteiger partial charge in [0.25, 0.3) is 11.5 Å². The van der Waals surface area contributed by atoms with Crippen molar-refractivity contribution in [3.05, 3.63) is 28.4 Å². The maximum atomic E-state index is 12.0. The molecule has 2 heterocycles. The summed E-state index contributed by atoms with van der Waals surface area (Å²) in [5.41, 5.74) is -0.195. The molecular formula is C11H13N3O4. The largest absolute Gasteiger partial charge is 0.481 e. The van der Waals surface area contributed by atoms with E-state index in [9.17, 15) is 14.4 Å². The van der Waals surface area contributed by atoms with Gasteiger partial charge in [-0.15, -0.1) is 0 Å². The molecule has 1 aromatic heterocycles. The molecule has 0 saturated carbocycles. The number of piperidine rings is 1. The molecule has 1 saturated heterocycles. The summed E-state index contributed by atoms with van der Waals surface area (Å²) in [7, 11) is 0. The SMILES string of the molecule is O=C(O)C1CCN(C(=O)c2c[nH]c(=O)cn2)CC1. The van der Waals surface area contributed by atoms with Gasteiger partial charge in [-0.2, -0.15) is 0 Å². The molecule has 0 spiro atoms. The lowest BCUT2D eigenvalue weighted by Gasteiger charge is -2.29. The number of H-pyrrole nitrogens is 1. The molecule has 7 heteroatoms. The number of rotatable bonds is 2. The monoisotopic (exact) mass is 251 g/mol. The minimum absolute atomic E-state index is 0.170. The van der Waals surface area contributed by atoms with E-state index in [0.29, 0.717) is 25.9 Å². The molecule has 1 amide bonds. The molecule has 7 nitrogen and oxygen atoms in total. The smallest absolute Gasteiger partial charge is 0.306 e. The van der Waals surface area contributed by atoms with Gasteiger partial charge in [0.2, 0.25) is 0 Å². The number of hydrogen-bond acceptors (Lipinski definition) is 4. The van der Waals surface area contributed by atoms with Crippen LogP contribution in [0.15, 0.2) is 17.2 Å². The van der Waals surface area contributed by atoms with Crippen LogP contribution >= 0.6 is 0 Å². The molecule has 1 aliphatic rings. The Balaban J connectivity index is 2.01. The average Bonchev–Trinajstić information content (AvgIpc) is 2.39. The summed E-state index contributed by atoms with van der Waals surface area (Å²) < 4.78 is 0. The van der Waals surface area contributed by atoms with Crippen molar-refractivity contribution in [1.82, 2.24) is 14.9 Å². The number of nitrogens with zero attached hydrogens (tertiary/aromatic N) is 2. The van der Waals surface area contributed by atoms with E-state index in [1.54, 1.807) is 4.90 Å². The number of aromatic amines is 1. The third-order valence-electron chi connectivity index (χ3n) is 3.02. The average molecular weight is 251 g/mol. The highest BCUT2D eigenvalue weighted by atomic mass is 16.4. The lowest BCUT2D eigenvalue weighted by molar-refractivity contribution is -0.143. The highest BCUT2D eigenvalue weighted by Gasteiger charge is 2.27. The van der Waals surface area contributed by atoms with Crippen LogP contribution in [0.1, 0.15) is 23.3 Å². The Morgan fingerprint density at radius 2 is 2.06 bits per heavy atom. The molecule has 1 aromatic rings. The zero-order valence-corrected chi connectivity index (χ0v) is 9.63. The predicted molar refractivity (Wildman–Crippen MR) is 61.1 cm³/mol. The first-order valence-electron chi connectivity index (χ1n) is 5.65.